The Bertz CT molecular complexity index is 839. The largest absolute Gasteiger partial charge is 0.354 e. The van der Waals surface area contributed by atoms with Crippen LogP contribution in [0.2, 0.25) is 0 Å². The van der Waals surface area contributed by atoms with Gasteiger partial charge in [-0.2, -0.15) is 5.26 Å². The van der Waals surface area contributed by atoms with Crippen LogP contribution in [0.1, 0.15) is 29.2 Å². The van der Waals surface area contributed by atoms with E-state index in [2.05, 4.69) is 30.4 Å². The van der Waals surface area contributed by atoms with Crippen LogP contribution in [-0.2, 0) is 17.6 Å². The molecule has 0 bridgehead atoms. The van der Waals surface area contributed by atoms with Crippen molar-refractivity contribution in [1.29, 1.82) is 5.26 Å². The molecule has 0 radical (unpaired) electrons. The number of ketones is 1. The summed E-state index contributed by atoms with van der Waals surface area (Å²) in [6.45, 7) is 4.12. The molecule has 0 heterocycles. The van der Waals surface area contributed by atoms with Gasteiger partial charge in [0.15, 0.2) is 5.78 Å². The number of nitriles is 1. The van der Waals surface area contributed by atoms with E-state index in [4.69, 9.17) is 0 Å². The van der Waals surface area contributed by atoms with Crippen LogP contribution < -0.4 is 5.32 Å². The summed E-state index contributed by atoms with van der Waals surface area (Å²) in [7, 11) is 0. The Hall–Kier alpha value is -2.86. The van der Waals surface area contributed by atoms with Gasteiger partial charge in [-0.3, -0.25) is 4.79 Å². The molecule has 2 aromatic rings. The fourth-order valence-corrected chi connectivity index (χ4v) is 2.83. The first-order chi connectivity index (χ1) is 11.1. The van der Waals surface area contributed by atoms with Crippen LogP contribution in [0.4, 0.5) is 5.69 Å². The summed E-state index contributed by atoms with van der Waals surface area (Å²) in [5.41, 5.74) is 5.98. The van der Waals surface area contributed by atoms with E-state index in [0.717, 1.165) is 28.8 Å². The molecule has 3 rings (SSSR count). The fraction of sp³-hybridized carbons (Fsp3) is 0.200. The lowest BCUT2D eigenvalue weighted by Crippen LogP contribution is -2.19. The molecular formula is C20H18N2O. The van der Waals surface area contributed by atoms with E-state index in [-0.39, 0.29) is 11.4 Å². The minimum absolute atomic E-state index is 0.128. The number of fused-ring (bicyclic) bond motifs is 1. The lowest BCUT2D eigenvalue weighted by atomic mass is 9.87. The Morgan fingerprint density at radius 2 is 1.91 bits per heavy atom. The van der Waals surface area contributed by atoms with Crippen molar-refractivity contribution in [3.05, 3.63) is 70.3 Å². The molecule has 0 spiro atoms. The van der Waals surface area contributed by atoms with Crippen molar-refractivity contribution in [2.24, 2.45) is 0 Å². The third kappa shape index (κ3) is 2.89. The van der Waals surface area contributed by atoms with Crippen molar-refractivity contribution in [3.8, 4) is 6.07 Å². The van der Waals surface area contributed by atoms with Gasteiger partial charge in [-0.25, -0.2) is 0 Å². The normalized spacial score (nSPS) is 13.5. The number of nitrogens with one attached hydrogen (secondary N) is 1. The van der Waals surface area contributed by atoms with Crippen molar-refractivity contribution in [1.82, 2.24) is 0 Å². The number of hydrogen-bond donors (Lipinski definition) is 1. The topological polar surface area (TPSA) is 52.9 Å². The van der Waals surface area contributed by atoms with E-state index < -0.39 is 0 Å². The van der Waals surface area contributed by atoms with Gasteiger partial charge >= 0.3 is 0 Å². The maximum atomic E-state index is 12.3. The zero-order chi connectivity index (χ0) is 16.4. The average Bonchev–Trinajstić information content (AvgIpc) is 2.56. The molecule has 1 N–H and O–H groups in total. The molecule has 0 aromatic heterocycles. The molecule has 0 amide bonds. The van der Waals surface area contributed by atoms with Gasteiger partial charge in [-0.1, -0.05) is 36.8 Å². The van der Waals surface area contributed by atoms with Gasteiger partial charge in [-0.05, 0) is 42.7 Å². The summed E-state index contributed by atoms with van der Waals surface area (Å²) >= 11 is 0. The molecule has 0 saturated heterocycles. The number of anilines is 1. The predicted molar refractivity (Wildman–Crippen MR) is 91.9 cm³/mol. The number of Topliss-reactive ketones (excluding diaryl/α,β-unsaturated/α-hetero) is 1. The van der Waals surface area contributed by atoms with Gasteiger partial charge in [0.1, 0.15) is 11.6 Å². The molecule has 23 heavy (non-hydrogen) atoms. The van der Waals surface area contributed by atoms with Gasteiger partial charge in [0.2, 0.25) is 0 Å². The highest BCUT2D eigenvalue weighted by atomic mass is 16.1. The highest BCUT2D eigenvalue weighted by Gasteiger charge is 2.25. The van der Waals surface area contributed by atoms with Crippen LogP contribution in [-0.4, -0.2) is 5.78 Å². The van der Waals surface area contributed by atoms with E-state index >= 15 is 0 Å². The second-order valence-electron chi connectivity index (χ2n) is 5.80. The first kappa shape index (κ1) is 15.1. The number of nitrogens with zero attached hydrogens (tertiary/aromatic N) is 1. The molecule has 0 fully saturated rings. The van der Waals surface area contributed by atoms with Crippen LogP contribution in [0.25, 0.3) is 5.70 Å². The smallest absolute Gasteiger partial charge is 0.179 e. The number of benzene rings is 2. The van der Waals surface area contributed by atoms with Gasteiger partial charge in [0.25, 0.3) is 0 Å². The summed E-state index contributed by atoms with van der Waals surface area (Å²) in [4.78, 5) is 12.3. The van der Waals surface area contributed by atoms with Crippen molar-refractivity contribution in [3.63, 3.8) is 0 Å². The van der Waals surface area contributed by atoms with Crippen molar-refractivity contribution in [2.45, 2.75) is 26.7 Å². The van der Waals surface area contributed by atoms with E-state index in [1.54, 1.807) is 0 Å². The number of carbonyl (C=O) groups is 1. The molecule has 2 aromatic carbocycles. The maximum Gasteiger partial charge on any atom is 0.179 e. The summed E-state index contributed by atoms with van der Waals surface area (Å²) in [6, 6.07) is 16.1. The SMILES string of the molecule is CCc1ccc(NC2=C(C#N)C(=O)Cc3ccc(C)cc32)cc1. The maximum absolute atomic E-state index is 12.3. The van der Waals surface area contributed by atoms with E-state index in [0.29, 0.717) is 12.1 Å². The Morgan fingerprint density at radius 3 is 2.57 bits per heavy atom. The summed E-state index contributed by atoms with van der Waals surface area (Å²) in [5, 5.41) is 12.7. The summed E-state index contributed by atoms with van der Waals surface area (Å²) < 4.78 is 0. The van der Waals surface area contributed by atoms with E-state index in [9.17, 15) is 10.1 Å². The first-order valence-corrected chi connectivity index (χ1v) is 7.75. The Morgan fingerprint density at radius 1 is 1.17 bits per heavy atom. The molecule has 1 aliphatic carbocycles. The molecule has 0 saturated carbocycles. The van der Waals surface area contributed by atoms with Crippen molar-refractivity contribution in [2.75, 3.05) is 5.32 Å². The van der Waals surface area contributed by atoms with Crippen LogP contribution in [0.3, 0.4) is 0 Å². The van der Waals surface area contributed by atoms with E-state index in [1.165, 1.54) is 5.56 Å². The Kier molecular flexibility index (Phi) is 3.99. The lowest BCUT2D eigenvalue weighted by Gasteiger charge is -2.21. The zero-order valence-corrected chi connectivity index (χ0v) is 13.3. The zero-order valence-electron chi connectivity index (χ0n) is 13.3. The highest BCUT2D eigenvalue weighted by Crippen LogP contribution is 2.31. The molecule has 3 heteroatoms. The first-order valence-electron chi connectivity index (χ1n) is 7.75. The third-order valence-corrected chi connectivity index (χ3v) is 4.16. The summed E-state index contributed by atoms with van der Waals surface area (Å²) in [6.07, 6.45) is 1.27. The molecule has 114 valence electrons. The quantitative estimate of drug-likeness (QED) is 0.931. The lowest BCUT2D eigenvalue weighted by molar-refractivity contribution is -0.114. The van der Waals surface area contributed by atoms with Gasteiger partial charge in [0, 0.05) is 17.7 Å². The number of hydrogen-bond acceptors (Lipinski definition) is 3. The van der Waals surface area contributed by atoms with Crippen LogP contribution in [0.5, 0.6) is 0 Å². The highest BCUT2D eigenvalue weighted by molar-refractivity contribution is 6.11. The van der Waals surface area contributed by atoms with Crippen molar-refractivity contribution < 1.29 is 4.79 Å². The molecule has 0 aliphatic heterocycles. The Balaban J connectivity index is 2.07. The minimum atomic E-state index is -0.128. The average molecular weight is 302 g/mol. The molecule has 0 atom stereocenters. The summed E-state index contributed by atoms with van der Waals surface area (Å²) in [5.74, 6) is -0.128. The van der Waals surface area contributed by atoms with Crippen molar-refractivity contribution >= 4 is 17.2 Å². The predicted octanol–water partition coefficient (Wildman–Crippen LogP) is 4.03. The van der Waals surface area contributed by atoms with Crippen LogP contribution in [0, 0.1) is 18.3 Å². The second-order valence-corrected chi connectivity index (χ2v) is 5.80. The van der Waals surface area contributed by atoms with Gasteiger partial charge in [0.05, 0.1) is 5.70 Å². The second kappa shape index (κ2) is 6.10. The standard InChI is InChI=1S/C20H18N2O/c1-3-14-5-8-16(9-6-14)22-20-17-10-13(2)4-7-15(17)11-19(23)18(20)12-21/h4-10,22H,3,11H2,1-2H3. The minimum Gasteiger partial charge on any atom is -0.354 e. The van der Waals surface area contributed by atoms with Gasteiger partial charge < -0.3 is 5.32 Å². The monoisotopic (exact) mass is 302 g/mol. The number of allylic oxidation sites excluding steroid dienone is 1. The molecular weight excluding hydrogens is 284 g/mol. The van der Waals surface area contributed by atoms with Crippen LogP contribution in [0.15, 0.2) is 48.0 Å². The number of aryl methyl sites for hydroxylation is 2. The fourth-order valence-electron chi connectivity index (χ4n) is 2.83. The Labute approximate surface area is 136 Å². The molecule has 1 aliphatic rings. The van der Waals surface area contributed by atoms with Gasteiger partial charge in [-0.15, -0.1) is 0 Å². The number of carbonyl (C=O) groups excluding carboxylic acids is 1. The molecule has 3 nitrogen and oxygen atoms in total. The number of rotatable bonds is 3. The van der Waals surface area contributed by atoms with E-state index in [1.807, 2.05) is 37.3 Å². The van der Waals surface area contributed by atoms with Crippen LogP contribution >= 0.6 is 0 Å². The molecule has 0 unspecified atom stereocenters. The third-order valence-electron chi connectivity index (χ3n) is 4.16.